The van der Waals surface area contributed by atoms with E-state index in [-0.39, 0.29) is 25.0 Å². The van der Waals surface area contributed by atoms with E-state index in [1.54, 1.807) is 14.2 Å². The van der Waals surface area contributed by atoms with Crippen molar-refractivity contribution in [3.8, 4) is 5.75 Å². The fraction of sp³-hybridized carbons (Fsp3) is 0.429. The second-order valence-corrected chi connectivity index (χ2v) is 4.27. The molecule has 1 aromatic rings. The van der Waals surface area contributed by atoms with Gasteiger partial charge in [-0.2, -0.15) is 0 Å². The van der Waals surface area contributed by atoms with Crippen molar-refractivity contribution in [1.82, 2.24) is 10.2 Å². The molecule has 2 amide bonds. The summed E-state index contributed by atoms with van der Waals surface area (Å²) in [5.74, 6) is 0.291. The minimum absolute atomic E-state index is 0.0256. The summed E-state index contributed by atoms with van der Waals surface area (Å²) in [6, 6.07) is 7.43. The first-order chi connectivity index (χ1) is 9.56. The summed E-state index contributed by atoms with van der Waals surface area (Å²) in [5, 5.41) is 2.46. The molecule has 0 bridgehead atoms. The van der Waals surface area contributed by atoms with Gasteiger partial charge >= 0.3 is 0 Å². The van der Waals surface area contributed by atoms with Gasteiger partial charge in [-0.3, -0.25) is 9.59 Å². The van der Waals surface area contributed by atoms with E-state index in [1.807, 2.05) is 24.3 Å². The SMILES string of the molecule is CNC(=O)CN(C)C(=O)COCc1cccc(OC)c1. The first-order valence-corrected chi connectivity index (χ1v) is 6.22. The van der Waals surface area contributed by atoms with Crippen LogP contribution in [0.15, 0.2) is 24.3 Å². The van der Waals surface area contributed by atoms with Crippen LogP contribution in [0.5, 0.6) is 5.75 Å². The summed E-state index contributed by atoms with van der Waals surface area (Å²) in [6.45, 7) is 0.277. The first kappa shape index (κ1) is 16.0. The van der Waals surface area contributed by atoms with Gasteiger partial charge in [-0.05, 0) is 17.7 Å². The Hall–Kier alpha value is -2.08. The van der Waals surface area contributed by atoms with Gasteiger partial charge in [0.2, 0.25) is 11.8 Å². The van der Waals surface area contributed by atoms with Crippen molar-refractivity contribution in [1.29, 1.82) is 0 Å². The number of likely N-dealkylation sites (N-methyl/N-ethyl adjacent to an activating group) is 2. The molecule has 0 aliphatic heterocycles. The molecule has 0 spiro atoms. The molecule has 110 valence electrons. The third-order valence-electron chi connectivity index (χ3n) is 2.71. The Morgan fingerprint density at radius 1 is 1.35 bits per heavy atom. The van der Waals surface area contributed by atoms with Crippen molar-refractivity contribution in [2.24, 2.45) is 0 Å². The maximum absolute atomic E-state index is 11.7. The van der Waals surface area contributed by atoms with E-state index in [1.165, 1.54) is 11.9 Å². The highest BCUT2D eigenvalue weighted by Crippen LogP contribution is 2.13. The zero-order chi connectivity index (χ0) is 15.0. The Morgan fingerprint density at radius 2 is 2.10 bits per heavy atom. The predicted octanol–water partition coefficient (Wildman–Crippen LogP) is 0.416. The monoisotopic (exact) mass is 280 g/mol. The molecule has 0 heterocycles. The zero-order valence-electron chi connectivity index (χ0n) is 12.0. The Labute approximate surface area is 118 Å². The normalized spacial score (nSPS) is 9.95. The Bertz CT molecular complexity index is 462. The fourth-order valence-electron chi connectivity index (χ4n) is 1.51. The van der Waals surface area contributed by atoms with E-state index >= 15 is 0 Å². The molecule has 0 unspecified atom stereocenters. The molecular weight excluding hydrogens is 260 g/mol. The summed E-state index contributed by atoms with van der Waals surface area (Å²) in [4.78, 5) is 24.2. The summed E-state index contributed by atoms with van der Waals surface area (Å²) < 4.78 is 10.4. The summed E-state index contributed by atoms with van der Waals surface area (Å²) >= 11 is 0. The minimum atomic E-state index is -0.239. The second-order valence-electron chi connectivity index (χ2n) is 4.27. The van der Waals surface area contributed by atoms with Gasteiger partial charge in [-0.1, -0.05) is 12.1 Å². The van der Waals surface area contributed by atoms with Crippen molar-refractivity contribution in [2.45, 2.75) is 6.61 Å². The second kappa shape index (κ2) is 8.16. The molecule has 1 rings (SSSR count). The van der Waals surface area contributed by atoms with Crippen LogP contribution in [-0.4, -0.2) is 51.1 Å². The number of rotatable bonds is 7. The molecule has 0 aliphatic carbocycles. The average molecular weight is 280 g/mol. The number of hydrogen-bond donors (Lipinski definition) is 1. The lowest BCUT2D eigenvalue weighted by atomic mass is 10.2. The highest BCUT2D eigenvalue weighted by atomic mass is 16.5. The smallest absolute Gasteiger partial charge is 0.248 e. The molecule has 6 nitrogen and oxygen atoms in total. The number of nitrogens with zero attached hydrogens (tertiary/aromatic N) is 1. The third-order valence-corrected chi connectivity index (χ3v) is 2.71. The zero-order valence-corrected chi connectivity index (χ0v) is 12.0. The van der Waals surface area contributed by atoms with Gasteiger partial charge in [0.25, 0.3) is 0 Å². The quantitative estimate of drug-likeness (QED) is 0.786. The maximum atomic E-state index is 11.7. The lowest BCUT2D eigenvalue weighted by molar-refractivity contribution is -0.138. The molecule has 0 saturated carbocycles. The van der Waals surface area contributed by atoms with Gasteiger partial charge in [0.05, 0.1) is 20.3 Å². The van der Waals surface area contributed by atoms with Crippen LogP contribution in [0, 0.1) is 0 Å². The van der Waals surface area contributed by atoms with Crippen LogP contribution in [0.3, 0.4) is 0 Å². The molecule has 1 aromatic carbocycles. The number of benzene rings is 1. The number of ether oxygens (including phenoxy) is 2. The van der Waals surface area contributed by atoms with Gasteiger partial charge < -0.3 is 19.7 Å². The van der Waals surface area contributed by atoms with Crippen LogP contribution in [0.2, 0.25) is 0 Å². The first-order valence-electron chi connectivity index (χ1n) is 6.22. The molecule has 20 heavy (non-hydrogen) atoms. The Balaban J connectivity index is 2.36. The maximum Gasteiger partial charge on any atom is 0.248 e. The summed E-state index contributed by atoms with van der Waals surface area (Å²) in [5.41, 5.74) is 0.922. The molecule has 0 saturated heterocycles. The number of amides is 2. The van der Waals surface area contributed by atoms with Crippen molar-refractivity contribution < 1.29 is 19.1 Å². The molecular formula is C14H20N2O4. The standard InChI is InChI=1S/C14H20N2O4/c1-15-13(17)8-16(2)14(18)10-20-9-11-5-4-6-12(7-11)19-3/h4-7H,8-10H2,1-3H3,(H,15,17). The van der Waals surface area contributed by atoms with Crippen LogP contribution in [0.4, 0.5) is 0 Å². The number of methoxy groups -OCH3 is 1. The Kier molecular flexibility index (Phi) is 6.52. The van der Waals surface area contributed by atoms with Gasteiger partial charge in [-0.15, -0.1) is 0 Å². The van der Waals surface area contributed by atoms with E-state index in [4.69, 9.17) is 9.47 Å². The highest BCUT2D eigenvalue weighted by Gasteiger charge is 2.11. The van der Waals surface area contributed by atoms with Gasteiger partial charge in [-0.25, -0.2) is 0 Å². The van der Waals surface area contributed by atoms with Crippen molar-refractivity contribution in [2.75, 3.05) is 34.4 Å². The lowest BCUT2D eigenvalue weighted by Crippen LogP contribution is -2.38. The molecule has 6 heteroatoms. The van der Waals surface area contributed by atoms with E-state index in [0.29, 0.717) is 6.61 Å². The third kappa shape index (κ3) is 5.27. The number of carbonyl (C=O) groups is 2. The predicted molar refractivity (Wildman–Crippen MR) is 74.4 cm³/mol. The largest absolute Gasteiger partial charge is 0.497 e. The van der Waals surface area contributed by atoms with Crippen LogP contribution < -0.4 is 10.1 Å². The van der Waals surface area contributed by atoms with Crippen LogP contribution in [0.25, 0.3) is 0 Å². The van der Waals surface area contributed by atoms with E-state index in [2.05, 4.69) is 5.32 Å². The summed E-state index contributed by atoms with van der Waals surface area (Å²) in [6.07, 6.45) is 0. The summed E-state index contributed by atoms with van der Waals surface area (Å²) in [7, 11) is 4.68. The van der Waals surface area contributed by atoms with Crippen molar-refractivity contribution >= 4 is 11.8 Å². The van der Waals surface area contributed by atoms with Crippen LogP contribution >= 0.6 is 0 Å². The Morgan fingerprint density at radius 3 is 2.75 bits per heavy atom. The van der Waals surface area contributed by atoms with E-state index < -0.39 is 0 Å². The van der Waals surface area contributed by atoms with Crippen molar-refractivity contribution in [3.63, 3.8) is 0 Å². The number of carbonyl (C=O) groups excluding carboxylic acids is 2. The van der Waals surface area contributed by atoms with Gasteiger partial charge in [0, 0.05) is 14.1 Å². The van der Waals surface area contributed by atoms with Crippen LogP contribution in [0.1, 0.15) is 5.56 Å². The van der Waals surface area contributed by atoms with Gasteiger partial charge in [0.1, 0.15) is 12.4 Å². The minimum Gasteiger partial charge on any atom is -0.497 e. The topological polar surface area (TPSA) is 67.9 Å². The molecule has 1 N–H and O–H groups in total. The fourth-order valence-corrected chi connectivity index (χ4v) is 1.51. The van der Waals surface area contributed by atoms with Gasteiger partial charge in [0.15, 0.2) is 0 Å². The number of nitrogens with one attached hydrogen (secondary N) is 1. The van der Waals surface area contributed by atoms with Crippen LogP contribution in [-0.2, 0) is 20.9 Å². The number of hydrogen-bond acceptors (Lipinski definition) is 4. The average Bonchev–Trinajstić information content (AvgIpc) is 2.47. The highest BCUT2D eigenvalue weighted by molar-refractivity contribution is 5.84. The molecule has 0 atom stereocenters. The molecule has 0 aliphatic rings. The lowest BCUT2D eigenvalue weighted by Gasteiger charge is -2.16. The van der Waals surface area contributed by atoms with E-state index in [9.17, 15) is 9.59 Å². The molecule has 0 fully saturated rings. The molecule has 0 radical (unpaired) electrons. The van der Waals surface area contributed by atoms with E-state index in [0.717, 1.165) is 11.3 Å². The van der Waals surface area contributed by atoms with Crippen molar-refractivity contribution in [3.05, 3.63) is 29.8 Å². The molecule has 0 aromatic heterocycles.